The summed E-state index contributed by atoms with van der Waals surface area (Å²) in [5.74, 6) is -0.302. The molecular formula is C20H25N5O4S. The zero-order valence-corrected chi connectivity index (χ0v) is 17.8. The zero-order chi connectivity index (χ0) is 21.7. The number of amides is 1. The molecule has 0 fully saturated rings. The SMILES string of the molecule is CCN(CC)S(=O)(=O)c1ccc(C(=O)NCCCn2nc3ccccn3c2=O)cc1. The first-order valence-electron chi connectivity index (χ1n) is 9.81. The number of carbonyl (C=O) groups is 1. The molecule has 0 aliphatic rings. The fourth-order valence-corrected chi connectivity index (χ4v) is 4.60. The lowest BCUT2D eigenvalue weighted by molar-refractivity contribution is 0.0952. The van der Waals surface area contributed by atoms with Crippen LogP contribution < -0.4 is 11.0 Å². The number of nitrogens with one attached hydrogen (secondary N) is 1. The smallest absolute Gasteiger partial charge is 0.350 e. The highest BCUT2D eigenvalue weighted by molar-refractivity contribution is 7.89. The molecule has 0 aliphatic carbocycles. The van der Waals surface area contributed by atoms with Crippen molar-refractivity contribution >= 4 is 21.6 Å². The summed E-state index contributed by atoms with van der Waals surface area (Å²) < 4.78 is 29.2. The van der Waals surface area contributed by atoms with Gasteiger partial charge in [0.1, 0.15) is 0 Å². The summed E-state index contributed by atoms with van der Waals surface area (Å²) in [6.45, 7) is 5.07. The van der Waals surface area contributed by atoms with Crippen molar-refractivity contribution in [2.75, 3.05) is 19.6 Å². The molecule has 1 N–H and O–H groups in total. The van der Waals surface area contributed by atoms with Crippen LogP contribution in [0.1, 0.15) is 30.6 Å². The summed E-state index contributed by atoms with van der Waals surface area (Å²) in [6, 6.07) is 11.2. The molecule has 0 atom stereocenters. The van der Waals surface area contributed by atoms with Crippen LogP contribution in [0.3, 0.4) is 0 Å². The minimum atomic E-state index is -3.55. The van der Waals surface area contributed by atoms with Gasteiger partial charge in [0.25, 0.3) is 5.91 Å². The van der Waals surface area contributed by atoms with Crippen molar-refractivity contribution in [3.63, 3.8) is 0 Å². The molecule has 9 nitrogen and oxygen atoms in total. The normalized spacial score (nSPS) is 11.8. The van der Waals surface area contributed by atoms with Gasteiger partial charge in [-0.15, -0.1) is 5.10 Å². The van der Waals surface area contributed by atoms with Gasteiger partial charge in [-0.1, -0.05) is 19.9 Å². The molecule has 0 aliphatic heterocycles. The van der Waals surface area contributed by atoms with E-state index in [2.05, 4.69) is 10.4 Å². The standard InChI is InChI=1S/C20H25N5O4S/c1-3-23(4-2)30(28,29)17-11-9-16(10-12-17)19(26)21-13-7-15-25-20(27)24-14-6-5-8-18(24)22-25/h5-6,8-12,14H,3-4,7,13,15H2,1-2H3,(H,21,26). The van der Waals surface area contributed by atoms with Gasteiger partial charge in [0.05, 0.1) is 4.90 Å². The van der Waals surface area contributed by atoms with Crippen molar-refractivity contribution in [3.8, 4) is 0 Å². The van der Waals surface area contributed by atoms with Gasteiger partial charge in [-0.05, 0) is 42.8 Å². The maximum absolute atomic E-state index is 12.5. The van der Waals surface area contributed by atoms with Gasteiger partial charge in [0.2, 0.25) is 10.0 Å². The second kappa shape index (κ2) is 9.23. The number of aryl methyl sites for hydroxylation is 1. The Bertz CT molecular complexity index is 1180. The molecule has 0 spiro atoms. The number of hydrogen-bond donors (Lipinski definition) is 1. The summed E-state index contributed by atoms with van der Waals surface area (Å²) in [5.41, 5.74) is 0.728. The van der Waals surface area contributed by atoms with Gasteiger partial charge in [-0.25, -0.2) is 17.9 Å². The molecule has 2 aromatic heterocycles. The van der Waals surface area contributed by atoms with Crippen LogP contribution in [0.2, 0.25) is 0 Å². The number of pyridine rings is 1. The maximum Gasteiger partial charge on any atom is 0.350 e. The van der Waals surface area contributed by atoms with E-state index in [-0.39, 0.29) is 16.5 Å². The molecule has 1 amide bonds. The average molecular weight is 432 g/mol. The van der Waals surface area contributed by atoms with E-state index in [9.17, 15) is 18.0 Å². The second-order valence-electron chi connectivity index (χ2n) is 6.66. The third kappa shape index (κ3) is 4.44. The molecule has 0 saturated heterocycles. The predicted octanol–water partition coefficient (Wildman–Crippen LogP) is 1.35. The van der Waals surface area contributed by atoms with E-state index in [0.29, 0.717) is 43.8 Å². The molecule has 3 rings (SSSR count). The van der Waals surface area contributed by atoms with Crippen LogP contribution in [0.5, 0.6) is 0 Å². The molecule has 160 valence electrons. The van der Waals surface area contributed by atoms with Gasteiger partial charge in [0, 0.05) is 37.9 Å². The minimum absolute atomic E-state index is 0.161. The van der Waals surface area contributed by atoms with Gasteiger partial charge in [-0.3, -0.25) is 9.20 Å². The molecule has 0 unspecified atom stereocenters. The van der Waals surface area contributed by atoms with Gasteiger partial charge >= 0.3 is 5.69 Å². The van der Waals surface area contributed by atoms with E-state index in [1.807, 2.05) is 6.07 Å². The Morgan fingerprint density at radius 1 is 1.10 bits per heavy atom. The minimum Gasteiger partial charge on any atom is -0.352 e. The Hall–Kier alpha value is -2.98. The molecule has 30 heavy (non-hydrogen) atoms. The summed E-state index contributed by atoms with van der Waals surface area (Å²) in [4.78, 5) is 24.7. The first kappa shape index (κ1) is 21.7. The van der Waals surface area contributed by atoms with E-state index in [0.717, 1.165) is 0 Å². The van der Waals surface area contributed by atoms with E-state index in [4.69, 9.17) is 0 Å². The van der Waals surface area contributed by atoms with Crippen LogP contribution in [0.4, 0.5) is 0 Å². The highest BCUT2D eigenvalue weighted by atomic mass is 32.2. The van der Waals surface area contributed by atoms with Crippen molar-refractivity contribution in [3.05, 3.63) is 64.7 Å². The van der Waals surface area contributed by atoms with E-state index >= 15 is 0 Å². The van der Waals surface area contributed by atoms with E-state index in [1.54, 1.807) is 32.2 Å². The molecule has 10 heteroatoms. The topological polar surface area (TPSA) is 106 Å². The number of hydrogen-bond acceptors (Lipinski definition) is 5. The third-order valence-corrected chi connectivity index (χ3v) is 6.84. The lowest BCUT2D eigenvalue weighted by Crippen LogP contribution is -2.30. The fraction of sp³-hybridized carbons (Fsp3) is 0.350. The highest BCUT2D eigenvalue weighted by Crippen LogP contribution is 2.16. The number of benzene rings is 1. The van der Waals surface area contributed by atoms with Crippen molar-refractivity contribution in [1.29, 1.82) is 0 Å². The monoisotopic (exact) mass is 431 g/mol. The van der Waals surface area contributed by atoms with Crippen LogP contribution in [0.25, 0.3) is 5.65 Å². The fourth-order valence-electron chi connectivity index (χ4n) is 3.14. The van der Waals surface area contributed by atoms with Crippen molar-refractivity contribution in [2.24, 2.45) is 0 Å². The Kier molecular flexibility index (Phi) is 6.68. The Balaban J connectivity index is 1.56. The summed E-state index contributed by atoms with van der Waals surface area (Å²) >= 11 is 0. The number of aromatic nitrogens is 3. The number of rotatable bonds is 9. The molecule has 3 aromatic rings. The Morgan fingerprint density at radius 3 is 2.43 bits per heavy atom. The Morgan fingerprint density at radius 2 is 1.80 bits per heavy atom. The van der Waals surface area contributed by atoms with E-state index < -0.39 is 10.0 Å². The summed E-state index contributed by atoms with van der Waals surface area (Å²) in [7, 11) is -3.55. The third-order valence-electron chi connectivity index (χ3n) is 4.78. The Labute approximate surface area is 175 Å². The number of carbonyl (C=O) groups excluding carboxylic acids is 1. The first-order valence-corrected chi connectivity index (χ1v) is 11.2. The van der Waals surface area contributed by atoms with Gasteiger partial charge in [-0.2, -0.15) is 4.31 Å². The number of nitrogens with zero attached hydrogens (tertiary/aromatic N) is 4. The van der Waals surface area contributed by atoms with Crippen LogP contribution in [-0.4, -0.2) is 52.4 Å². The largest absolute Gasteiger partial charge is 0.352 e. The highest BCUT2D eigenvalue weighted by Gasteiger charge is 2.21. The van der Waals surface area contributed by atoms with Crippen molar-refractivity contribution in [2.45, 2.75) is 31.7 Å². The molecular weight excluding hydrogens is 406 g/mol. The van der Waals surface area contributed by atoms with Gasteiger partial charge < -0.3 is 5.32 Å². The van der Waals surface area contributed by atoms with Crippen LogP contribution in [0, 0.1) is 0 Å². The van der Waals surface area contributed by atoms with Crippen molar-refractivity contribution in [1.82, 2.24) is 23.8 Å². The summed E-state index contributed by atoms with van der Waals surface area (Å²) in [6.07, 6.45) is 2.19. The second-order valence-corrected chi connectivity index (χ2v) is 8.60. The molecule has 0 radical (unpaired) electrons. The molecule has 1 aromatic carbocycles. The van der Waals surface area contributed by atoms with Crippen LogP contribution in [-0.2, 0) is 16.6 Å². The molecule has 0 saturated carbocycles. The zero-order valence-electron chi connectivity index (χ0n) is 17.0. The molecule has 2 heterocycles. The predicted molar refractivity (Wildman–Crippen MR) is 113 cm³/mol. The van der Waals surface area contributed by atoms with Gasteiger partial charge in [0.15, 0.2) is 5.65 Å². The van der Waals surface area contributed by atoms with Crippen molar-refractivity contribution < 1.29 is 13.2 Å². The quantitative estimate of drug-likeness (QED) is 0.515. The first-order chi connectivity index (χ1) is 14.4. The number of sulfonamides is 1. The van der Waals surface area contributed by atoms with Crippen LogP contribution in [0.15, 0.2) is 58.4 Å². The van der Waals surface area contributed by atoms with Crippen LogP contribution >= 0.6 is 0 Å². The summed E-state index contributed by atoms with van der Waals surface area (Å²) in [5, 5.41) is 7.02. The lowest BCUT2D eigenvalue weighted by Gasteiger charge is -2.18. The molecule has 0 bridgehead atoms. The average Bonchev–Trinajstić information content (AvgIpc) is 3.07. The lowest BCUT2D eigenvalue weighted by atomic mass is 10.2. The van der Waals surface area contributed by atoms with E-state index in [1.165, 1.54) is 37.7 Å². The number of fused-ring (bicyclic) bond motifs is 1. The maximum atomic E-state index is 12.5.